The zero-order chi connectivity index (χ0) is 14.0. The quantitative estimate of drug-likeness (QED) is 0.907. The third kappa shape index (κ3) is 2.79. The van der Waals surface area contributed by atoms with Crippen LogP contribution in [0.25, 0.3) is 0 Å². The maximum absolute atomic E-state index is 6.36. The van der Waals surface area contributed by atoms with Gasteiger partial charge in [0.05, 0.1) is 34.8 Å². The second kappa shape index (κ2) is 5.71. The molecule has 2 aromatic rings. The zero-order valence-corrected chi connectivity index (χ0v) is 12.2. The number of hydrogen-bond donors (Lipinski definition) is 1. The van der Waals surface area contributed by atoms with Crippen LogP contribution >= 0.6 is 11.6 Å². The number of rotatable bonds is 5. The van der Waals surface area contributed by atoms with Gasteiger partial charge in [0, 0.05) is 12.6 Å². The fraction of sp³-hybridized carbons (Fsp3) is 0.583. The molecule has 0 spiro atoms. The molecule has 0 bridgehead atoms. The smallest absolute Gasteiger partial charge is 0.0991 e. The van der Waals surface area contributed by atoms with Gasteiger partial charge in [0.2, 0.25) is 0 Å². The third-order valence-corrected chi connectivity index (χ3v) is 3.47. The number of aryl methyl sites for hydroxylation is 2. The summed E-state index contributed by atoms with van der Waals surface area (Å²) in [7, 11) is 0. The van der Waals surface area contributed by atoms with Crippen LogP contribution in [0.4, 0.5) is 0 Å². The van der Waals surface area contributed by atoms with Crippen molar-refractivity contribution in [3.05, 3.63) is 28.3 Å². The summed E-state index contributed by atoms with van der Waals surface area (Å²) in [6.45, 7) is 7.30. The van der Waals surface area contributed by atoms with Crippen molar-refractivity contribution in [3.8, 4) is 0 Å². The number of hydrogen-bond acceptors (Lipinski definition) is 4. The van der Waals surface area contributed by atoms with Gasteiger partial charge in [0.25, 0.3) is 0 Å². The monoisotopic (exact) mass is 282 g/mol. The number of nitrogens with zero attached hydrogens (tertiary/aromatic N) is 5. The summed E-state index contributed by atoms with van der Waals surface area (Å²) in [5.74, 6) is 0. The maximum Gasteiger partial charge on any atom is 0.0991 e. The second-order valence-corrected chi connectivity index (χ2v) is 4.88. The Hall–Kier alpha value is -1.40. The lowest BCUT2D eigenvalue weighted by molar-refractivity contribution is 0.563. The van der Waals surface area contributed by atoms with Crippen LogP contribution in [-0.2, 0) is 19.5 Å². The average molecular weight is 283 g/mol. The summed E-state index contributed by atoms with van der Waals surface area (Å²) in [6.07, 6.45) is 2.67. The van der Waals surface area contributed by atoms with Gasteiger partial charge >= 0.3 is 0 Å². The summed E-state index contributed by atoms with van der Waals surface area (Å²) in [6, 6.07) is -0.119. The van der Waals surface area contributed by atoms with Gasteiger partial charge in [0.1, 0.15) is 0 Å². The van der Waals surface area contributed by atoms with Gasteiger partial charge in [-0.1, -0.05) is 23.7 Å². The van der Waals surface area contributed by atoms with Crippen LogP contribution in [0.5, 0.6) is 0 Å². The van der Waals surface area contributed by atoms with Gasteiger partial charge in [-0.25, -0.2) is 4.68 Å². The van der Waals surface area contributed by atoms with Crippen LogP contribution in [0, 0.1) is 0 Å². The first-order valence-electron chi connectivity index (χ1n) is 6.46. The molecule has 0 saturated carbocycles. The molecule has 1 unspecified atom stereocenters. The first kappa shape index (κ1) is 14.0. The molecule has 0 aliphatic rings. The Morgan fingerprint density at radius 2 is 2.16 bits per heavy atom. The highest BCUT2D eigenvalue weighted by atomic mass is 35.5. The Bertz CT molecular complexity index is 557. The Labute approximate surface area is 117 Å². The van der Waals surface area contributed by atoms with Gasteiger partial charge in [-0.15, -0.1) is 5.10 Å². The van der Waals surface area contributed by atoms with E-state index < -0.39 is 0 Å². The molecule has 6 nitrogen and oxygen atoms in total. The largest absolute Gasteiger partial charge is 0.323 e. The molecule has 2 N–H and O–H groups in total. The Balaban J connectivity index is 2.29. The van der Waals surface area contributed by atoms with Crippen LogP contribution in [0.15, 0.2) is 6.20 Å². The predicted molar refractivity (Wildman–Crippen MR) is 74.0 cm³/mol. The molecule has 0 amide bonds. The van der Waals surface area contributed by atoms with Gasteiger partial charge in [-0.3, -0.25) is 4.68 Å². The Morgan fingerprint density at radius 1 is 1.42 bits per heavy atom. The Morgan fingerprint density at radius 3 is 2.68 bits per heavy atom. The van der Waals surface area contributed by atoms with Gasteiger partial charge < -0.3 is 5.73 Å². The van der Waals surface area contributed by atoms with Crippen molar-refractivity contribution in [1.82, 2.24) is 24.8 Å². The molecule has 0 saturated heterocycles. The van der Waals surface area contributed by atoms with E-state index in [0.717, 1.165) is 35.1 Å². The van der Waals surface area contributed by atoms with Crippen LogP contribution < -0.4 is 5.73 Å². The fourth-order valence-corrected chi connectivity index (χ4v) is 2.25. The van der Waals surface area contributed by atoms with Gasteiger partial charge in [-0.05, 0) is 20.3 Å². The van der Waals surface area contributed by atoms with Gasteiger partial charge in [-0.2, -0.15) is 5.10 Å². The van der Waals surface area contributed by atoms with E-state index in [9.17, 15) is 0 Å². The van der Waals surface area contributed by atoms with E-state index in [1.807, 2.05) is 31.6 Å². The van der Waals surface area contributed by atoms with Crippen LogP contribution in [0.2, 0.25) is 5.02 Å². The topological polar surface area (TPSA) is 74.5 Å². The number of halogens is 1. The summed E-state index contributed by atoms with van der Waals surface area (Å²) >= 11 is 6.36. The van der Waals surface area contributed by atoms with Crippen molar-refractivity contribution in [2.45, 2.75) is 46.3 Å². The fourth-order valence-electron chi connectivity index (χ4n) is 1.92. The van der Waals surface area contributed by atoms with E-state index in [1.165, 1.54) is 0 Å². The number of nitrogens with two attached hydrogens (primary N) is 1. The highest BCUT2D eigenvalue weighted by Crippen LogP contribution is 2.22. The maximum atomic E-state index is 6.36. The van der Waals surface area contributed by atoms with Crippen molar-refractivity contribution in [3.63, 3.8) is 0 Å². The molecule has 2 aromatic heterocycles. The molecular weight excluding hydrogens is 264 g/mol. The van der Waals surface area contributed by atoms with Crippen molar-refractivity contribution in [2.24, 2.45) is 5.73 Å². The van der Waals surface area contributed by atoms with Crippen LogP contribution in [0.1, 0.15) is 43.9 Å². The lowest BCUT2D eigenvalue weighted by Crippen LogP contribution is -2.09. The summed E-state index contributed by atoms with van der Waals surface area (Å²) in [4.78, 5) is 0. The third-order valence-electron chi connectivity index (χ3n) is 3.03. The molecule has 1 atom stereocenters. The zero-order valence-electron chi connectivity index (χ0n) is 11.5. The standard InChI is InChI=1S/C12H19ClN6/c1-4-9-12(13)11(19(5-2)16-9)7-18-6-10(8(3)14)15-17-18/h6,8H,4-5,7,14H2,1-3H3. The number of aromatic nitrogens is 5. The molecule has 0 fully saturated rings. The lowest BCUT2D eigenvalue weighted by Gasteiger charge is -2.04. The van der Waals surface area contributed by atoms with E-state index in [0.29, 0.717) is 6.54 Å². The van der Waals surface area contributed by atoms with Crippen LogP contribution in [-0.4, -0.2) is 24.8 Å². The Kier molecular flexibility index (Phi) is 4.21. The lowest BCUT2D eigenvalue weighted by atomic mass is 10.3. The minimum Gasteiger partial charge on any atom is -0.323 e. The molecule has 2 heterocycles. The second-order valence-electron chi connectivity index (χ2n) is 4.51. The summed E-state index contributed by atoms with van der Waals surface area (Å²) < 4.78 is 3.65. The summed E-state index contributed by atoms with van der Waals surface area (Å²) in [5.41, 5.74) is 8.43. The minimum atomic E-state index is -0.119. The first-order chi connectivity index (χ1) is 9.06. The molecule has 2 rings (SSSR count). The minimum absolute atomic E-state index is 0.119. The van der Waals surface area contributed by atoms with Gasteiger partial charge in [0.15, 0.2) is 0 Å². The van der Waals surface area contributed by atoms with E-state index in [4.69, 9.17) is 17.3 Å². The first-order valence-corrected chi connectivity index (χ1v) is 6.84. The van der Waals surface area contributed by atoms with E-state index in [-0.39, 0.29) is 6.04 Å². The molecule has 104 valence electrons. The molecule has 19 heavy (non-hydrogen) atoms. The molecule has 0 aliphatic carbocycles. The molecule has 0 aliphatic heterocycles. The highest BCUT2D eigenvalue weighted by molar-refractivity contribution is 6.31. The van der Waals surface area contributed by atoms with E-state index in [1.54, 1.807) is 4.68 Å². The van der Waals surface area contributed by atoms with Crippen molar-refractivity contribution < 1.29 is 0 Å². The average Bonchev–Trinajstić information content (AvgIpc) is 2.96. The van der Waals surface area contributed by atoms with Crippen molar-refractivity contribution >= 4 is 11.6 Å². The molecule has 7 heteroatoms. The van der Waals surface area contributed by atoms with Crippen molar-refractivity contribution in [1.29, 1.82) is 0 Å². The van der Waals surface area contributed by atoms with E-state index in [2.05, 4.69) is 15.4 Å². The van der Waals surface area contributed by atoms with E-state index >= 15 is 0 Å². The predicted octanol–water partition coefficient (Wildman–Crippen LogP) is 1.78. The molecule has 0 radical (unpaired) electrons. The normalized spacial score (nSPS) is 12.9. The van der Waals surface area contributed by atoms with Crippen molar-refractivity contribution in [2.75, 3.05) is 0 Å². The molecular formula is C12H19ClN6. The summed E-state index contributed by atoms with van der Waals surface area (Å²) in [5, 5.41) is 13.3. The SMILES string of the molecule is CCc1nn(CC)c(Cn2cc(C(C)N)nn2)c1Cl. The highest BCUT2D eigenvalue weighted by Gasteiger charge is 2.15. The van der Waals surface area contributed by atoms with Crippen LogP contribution in [0.3, 0.4) is 0 Å². The molecule has 0 aromatic carbocycles.